The van der Waals surface area contributed by atoms with Crippen LogP contribution in [0.5, 0.6) is 5.75 Å². The lowest BCUT2D eigenvalue weighted by molar-refractivity contribution is 0.0379. The van der Waals surface area contributed by atoms with Crippen LogP contribution in [-0.2, 0) is 20.3 Å². The maximum Gasteiger partial charge on any atom is 0.156 e. The summed E-state index contributed by atoms with van der Waals surface area (Å²) in [6.45, 7) is 0.303. The molecule has 1 aliphatic carbocycles. The minimum atomic E-state index is -3.14. The maximum atomic E-state index is 12.1. The van der Waals surface area contributed by atoms with E-state index in [2.05, 4.69) is 0 Å². The van der Waals surface area contributed by atoms with Crippen LogP contribution < -0.4 is 4.74 Å². The highest BCUT2D eigenvalue weighted by Gasteiger charge is 2.17. The highest BCUT2D eigenvalue weighted by molar-refractivity contribution is 7.90. The molecule has 1 aliphatic rings. The smallest absolute Gasteiger partial charge is 0.156 e. The first kappa shape index (κ1) is 16.3. The quantitative estimate of drug-likeness (QED) is 0.777. The molecule has 1 aromatic carbocycles. The first-order valence-electron chi connectivity index (χ1n) is 7.54. The summed E-state index contributed by atoms with van der Waals surface area (Å²) in [5.41, 5.74) is 0.756. The van der Waals surface area contributed by atoms with E-state index in [4.69, 9.17) is 9.47 Å². The maximum absolute atomic E-state index is 12.1. The van der Waals surface area contributed by atoms with Crippen molar-refractivity contribution < 1.29 is 17.9 Å². The standard InChI is InChI=1S/C16H24O4S/c1-19-16-9-5-6-14(12-16)13-21(17,18)11-10-20-15-7-3-2-4-8-15/h5-6,9,12,15H,2-4,7-8,10-11,13H2,1H3. The van der Waals surface area contributed by atoms with Crippen LogP contribution in [0, 0.1) is 0 Å². The van der Waals surface area contributed by atoms with Gasteiger partial charge in [0.15, 0.2) is 9.84 Å². The summed E-state index contributed by atoms with van der Waals surface area (Å²) in [6, 6.07) is 7.19. The van der Waals surface area contributed by atoms with E-state index in [1.54, 1.807) is 13.2 Å². The molecule has 1 aromatic rings. The van der Waals surface area contributed by atoms with Gasteiger partial charge in [-0.1, -0.05) is 31.4 Å². The van der Waals surface area contributed by atoms with Gasteiger partial charge in [0.2, 0.25) is 0 Å². The molecule has 1 fully saturated rings. The van der Waals surface area contributed by atoms with Crippen LogP contribution in [0.2, 0.25) is 0 Å². The largest absolute Gasteiger partial charge is 0.497 e. The van der Waals surface area contributed by atoms with Crippen molar-refractivity contribution in [1.29, 1.82) is 0 Å². The number of rotatable bonds is 7. The minimum absolute atomic E-state index is 0.0399. The van der Waals surface area contributed by atoms with Crippen molar-refractivity contribution in [3.63, 3.8) is 0 Å². The van der Waals surface area contributed by atoms with Crippen molar-refractivity contribution in [2.45, 2.75) is 44.0 Å². The normalized spacial score (nSPS) is 16.8. The second-order valence-corrected chi connectivity index (χ2v) is 7.76. The highest BCUT2D eigenvalue weighted by Crippen LogP contribution is 2.20. The van der Waals surface area contributed by atoms with E-state index in [0.717, 1.165) is 18.4 Å². The van der Waals surface area contributed by atoms with Gasteiger partial charge >= 0.3 is 0 Å². The summed E-state index contributed by atoms with van der Waals surface area (Å²) in [6.07, 6.45) is 6.05. The molecule has 0 N–H and O–H groups in total. The van der Waals surface area contributed by atoms with Crippen LogP contribution in [0.1, 0.15) is 37.7 Å². The minimum Gasteiger partial charge on any atom is -0.497 e. The van der Waals surface area contributed by atoms with Crippen molar-refractivity contribution >= 4 is 9.84 Å². The Balaban J connectivity index is 1.80. The third-order valence-electron chi connectivity index (χ3n) is 3.82. The Morgan fingerprint density at radius 1 is 1.19 bits per heavy atom. The average Bonchev–Trinajstić information content (AvgIpc) is 2.48. The predicted octanol–water partition coefficient (Wildman–Crippen LogP) is 2.96. The Bertz CT molecular complexity index is 533. The molecular weight excluding hydrogens is 288 g/mol. The van der Waals surface area contributed by atoms with Gasteiger partial charge < -0.3 is 9.47 Å². The van der Waals surface area contributed by atoms with E-state index >= 15 is 0 Å². The number of sulfone groups is 1. The van der Waals surface area contributed by atoms with Crippen molar-refractivity contribution in [2.75, 3.05) is 19.5 Å². The summed E-state index contributed by atoms with van der Waals surface area (Å²) in [5.74, 6) is 0.806. The summed E-state index contributed by atoms with van der Waals surface area (Å²) < 4.78 is 35.0. The molecule has 0 spiro atoms. The predicted molar refractivity (Wildman–Crippen MR) is 83.3 cm³/mol. The van der Waals surface area contributed by atoms with Crippen LogP contribution in [0.4, 0.5) is 0 Å². The first-order chi connectivity index (χ1) is 10.1. The molecule has 21 heavy (non-hydrogen) atoms. The van der Waals surface area contributed by atoms with E-state index in [9.17, 15) is 8.42 Å². The zero-order valence-corrected chi connectivity index (χ0v) is 13.4. The lowest BCUT2D eigenvalue weighted by Crippen LogP contribution is -2.21. The van der Waals surface area contributed by atoms with Crippen molar-refractivity contribution in [2.24, 2.45) is 0 Å². The van der Waals surface area contributed by atoms with Gasteiger partial charge in [0.1, 0.15) is 5.75 Å². The van der Waals surface area contributed by atoms with Gasteiger partial charge in [0.25, 0.3) is 0 Å². The van der Waals surface area contributed by atoms with Crippen LogP contribution in [-0.4, -0.2) is 34.0 Å². The summed E-state index contributed by atoms with van der Waals surface area (Å²) >= 11 is 0. The SMILES string of the molecule is COc1cccc(CS(=O)(=O)CCOC2CCCCC2)c1. The van der Waals surface area contributed by atoms with Gasteiger partial charge in [0, 0.05) is 0 Å². The summed E-state index contributed by atoms with van der Waals surface area (Å²) in [7, 11) is -1.57. The van der Waals surface area contributed by atoms with E-state index in [1.165, 1.54) is 19.3 Å². The molecule has 5 heteroatoms. The Hall–Kier alpha value is -1.07. The molecule has 0 heterocycles. The molecule has 0 bridgehead atoms. The summed E-state index contributed by atoms with van der Waals surface area (Å²) in [4.78, 5) is 0. The van der Waals surface area contributed by atoms with Crippen LogP contribution in [0.3, 0.4) is 0 Å². The Kier molecular flexibility index (Phi) is 6.06. The van der Waals surface area contributed by atoms with Gasteiger partial charge in [-0.3, -0.25) is 0 Å². The molecule has 0 aliphatic heterocycles. The van der Waals surface area contributed by atoms with Gasteiger partial charge in [-0.25, -0.2) is 8.42 Å². The van der Waals surface area contributed by atoms with Crippen molar-refractivity contribution in [1.82, 2.24) is 0 Å². The highest BCUT2D eigenvalue weighted by atomic mass is 32.2. The summed E-state index contributed by atoms with van der Waals surface area (Å²) in [5, 5.41) is 0. The fourth-order valence-corrected chi connectivity index (χ4v) is 3.84. The fourth-order valence-electron chi connectivity index (χ4n) is 2.66. The van der Waals surface area contributed by atoms with Crippen molar-refractivity contribution in [3.8, 4) is 5.75 Å². The molecule has 0 saturated heterocycles. The number of ether oxygens (including phenoxy) is 2. The number of benzene rings is 1. The molecule has 1 saturated carbocycles. The van der Waals surface area contributed by atoms with Gasteiger partial charge in [-0.15, -0.1) is 0 Å². The molecule has 4 nitrogen and oxygen atoms in total. The fraction of sp³-hybridized carbons (Fsp3) is 0.625. The van der Waals surface area contributed by atoms with Gasteiger partial charge in [0.05, 0.1) is 31.3 Å². The number of methoxy groups -OCH3 is 1. The monoisotopic (exact) mass is 312 g/mol. The molecule has 0 amide bonds. The molecule has 2 rings (SSSR count). The Morgan fingerprint density at radius 3 is 2.67 bits per heavy atom. The van der Waals surface area contributed by atoms with E-state index < -0.39 is 9.84 Å². The Labute approximate surface area is 127 Å². The number of hydrogen-bond acceptors (Lipinski definition) is 4. The molecule has 0 atom stereocenters. The second-order valence-electron chi connectivity index (χ2n) is 5.57. The van der Waals surface area contributed by atoms with Gasteiger partial charge in [-0.05, 0) is 30.5 Å². The Morgan fingerprint density at radius 2 is 1.95 bits per heavy atom. The molecule has 118 valence electrons. The van der Waals surface area contributed by atoms with Gasteiger partial charge in [-0.2, -0.15) is 0 Å². The van der Waals surface area contributed by atoms with Crippen molar-refractivity contribution in [3.05, 3.63) is 29.8 Å². The zero-order valence-electron chi connectivity index (χ0n) is 12.6. The van der Waals surface area contributed by atoms with E-state index in [1.807, 2.05) is 18.2 Å². The lowest BCUT2D eigenvalue weighted by atomic mass is 9.98. The first-order valence-corrected chi connectivity index (χ1v) is 9.36. The zero-order chi connectivity index (χ0) is 15.1. The second kappa shape index (κ2) is 7.80. The third-order valence-corrected chi connectivity index (χ3v) is 5.38. The van der Waals surface area contributed by atoms with Crippen LogP contribution in [0.15, 0.2) is 24.3 Å². The molecule has 0 unspecified atom stereocenters. The topological polar surface area (TPSA) is 52.6 Å². The average molecular weight is 312 g/mol. The van der Waals surface area contributed by atoms with Crippen LogP contribution in [0.25, 0.3) is 0 Å². The third kappa shape index (κ3) is 5.67. The molecular formula is C16H24O4S. The van der Waals surface area contributed by atoms with E-state index in [0.29, 0.717) is 12.4 Å². The number of hydrogen-bond donors (Lipinski definition) is 0. The molecule has 0 radical (unpaired) electrons. The lowest BCUT2D eigenvalue weighted by Gasteiger charge is -2.21. The van der Waals surface area contributed by atoms with E-state index in [-0.39, 0.29) is 17.6 Å². The van der Waals surface area contributed by atoms with Crippen LogP contribution >= 0.6 is 0 Å². The molecule has 0 aromatic heterocycles.